The zero-order valence-corrected chi connectivity index (χ0v) is 13.3. The highest BCUT2D eigenvalue weighted by Gasteiger charge is 2.23. The number of nitrogens with zero attached hydrogens (tertiary/aromatic N) is 2. The average molecular weight is 320 g/mol. The second-order valence-corrected chi connectivity index (χ2v) is 5.96. The van der Waals surface area contributed by atoms with E-state index in [9.17, 15) is 4.39 Å². The Bertz CT molecular complexity index is 645. The number of aryl methyl sites for hydroxylation is 1. The highest BCUT2D eigenvalue weighted by molar-refractivity contribution is 6.33. The lowest BCUT2D eigenvalue weighted by molar-refractivity contribution is 0.492. The van der Waals surface area contributed by atoms with Crippen molar-refractivity contribution in [1.82, 2.24) is 4.98 Å². The van der Waals surface area contributed by atoms with Crippen LogP contribution in [0.25, 0.3) is 0 Å². The van der Waals surface area contributed by atoms with E-state index in [1.807, 2.05) is 25.1 Å². The molecule has 0 aliphatic carbocycles. The van der Waals surface area contributed by atoms with Crippen molar-refractivity contribution in [2.75, 3.05) is 16.8 Å². The van der Waals surface area contributed by atoms with Crippen molar-refractivity contribution in [2.24, 2.45) is 0 Å². The second-order valence-electron chi connectivity index (χ2n) is 5.58. The Morgan fingerprint density at radius 3 is 2.77 bits per heavy atom. The fourth-order valence-corrected chi connectivity index (χ4v) is 3.03. The SMILES string of the molecule is Cc1nccc(NC2CCCCN2c2ccc(F)cc2)c1Cl. The standard InChI is InChI=1S/C17H19ClFN3/c1-12-17(18)15(9-10-20-12)21-16-4-2-3-11-22(16)14-7-5-13(19)6-8-14/h5-10,16H,2-4,11H2,1H3,(H,20,21). The molecule has 1 aromatic carbocycles. The van der Waals surface area contributed by atoms with Crippen LogP contribution in [0.5, 0.6) is 0 Å². The molecule has 0 saturated carbocycles. The molecular formula is C17H19ClFN3. The maximum atomic E-state index is 13.1. The van der Waals surface area contributed by atoms with Crippen LogP contribution in [0.4, 0.5) is 15.8 Å². The summed E-state index contributed by atoms with van der Waals surface area (Å²) in [5.41, 5.74) is 2.74. The first kappa shape index (κ1) is 15.1. The molecule has 1 atom stereocenters. The molecule has 2 heterocycles. The second kappa shape index (κ2) is 6.53. The normalized spacial score (nSPS) is 18.3. The van der Waals surface area contributed by atoms with Gasteiger partial charge < -0.3 is 10.2 Å². The van der Waals surface area contributed by atoms with Gasteiger partial charge in [-0.15, -0.1) is 0 Å². The summed E-state index contributed by atoms with van der Waals surface area (Å²) in [5, 5.41) is 4.17. The van der Waals surface area contributed by atoms with E-state index in [1.54, 1.807) is 6.20 Å². The van der Waals surface area contributed by atoms with Crippen LogP contribution in [0.3, 0.4) is 0 Å². The number of rotatable bonds is 3. The summed E-state index contributed by atoms with van der Waals surface area (Å²) in [7, 11) is 0. The predicted molar refractivity (Wildman–Crippen MR) is 89.0 cm³/mol. The number of anilines is 2. The molecule has 1 saturated heterocycles. The molecule has 22 heavy (non-hydrogen) atoms. The largest absolute Gasteiger partial charge is 0.364 e. The van der Waals surface area contributed by atoms with Crippen molar-refractivity contribution < 1.29 is 4.39 Å². The number of pyridine rings is 1. The van der Waals surface area contributed by atoms with Crippen LogP contribution in [-0.4, -0.2) is 17.7 Å². The van der Waals surface area contributed by atoms with Gasteiger partial charge in [-0.25, -0.2) is 4.39 Å². The number of aromatic nitrogens is 1. The molecule has 5 heteroatoms. The maximum Gasteiger partial charge on any atom is 0.123 e. The fraction of sp³-hybridized carbons (Fsp3) is 0.353. The van der Waals surface area contributed by atoms with Gasteiger partial charge >= 0.3 is 0 Å². The highest BCUT2D eigenvalue weighted by atomic mass is 35.5. The van der Waals surface area contributed by atoms with Gasteiger partial charge in [0.25, 0.3) is 0 Å². The molecule has 1 unspecified atom stereocenters. The van der Waals surface area contributed by atoms with Crippen LogP contribution < -0.4 is 10.2 Å². The van der Waals surface area contributed by atoms with Gasteiger partial charge in [0.2, 0.25) is 0 Å². The lowest BCUT2D eigenvalue weighted by atomic mass is 10.1. The summed E-state index contributed by atoms with van der Waals surface area (Å²) < 4.78 is 13.1. The summed E-state index contributed by atoms with van der Waals surface area (Å²) in [6.07, 6.45) is 5.23. The Morgan fingerprint density at radius 2 is 2.00 bits per heavy atom. The van der Waals surface area contributed by atoms with Crippen LogP contribution in [0.1, 0.15) is 25.0 Å². The third kappa shape index (κ3) is 3.17. The fourth-order valence-electron chi connectivity index (χ4n) is 2.86. The minimum absolute atomic E-state index is 0.151. The number of hydrogen-bond donors (Lipinski definition) is 1. The molecule has 1 aromatic heterocycles. The maximum absolute atomic E-state index is 13.1. The summed E-state index contributed by atoms with van der Waals surface area (Å²) in [6.45, 7) is 2.84. The van der Waals surface area contributed by atoms with Crippen LogP contribution in [0.15, 0.2) is 36.5 Å². The number of benzene rings is 1. The third-order valence-electron chi connectivity index (χ3n) is 4.05. The van der Waals surface area contributed by atoms with Crippen LogP contribution in [0, 0.1) is 12.7 Å². The van der Waals surface area contributed by atoms with Crippen LogP contribution in [-0.2, 0) is 0 Å². The van der Waals surface area contributed by atoms with Crippen molar-refractivity contribution in [3.8, 4) is 0 Å². The molecule has 0 radical (unpaired) electrons. The quantitative estimate of drug-likeness (QED) is 0.895. The smallest absolute Gasteiger partial charge is 0.123 e. The Hall–Kier alpha value is -1.81. The van der Waals surface area contributed by atoms with Crippen molar-refractivity contribution in [1.29, 1.82) is 0 Å². The Labute approximate surface area is 135 Å². The van der Waals surface area contributed by atoms with Crippen molar-refractivity contribution in [3.05, 3.63) is 53.1 Å². The number of piperidine rings is 1. The molecule has 0 bridgehead atoms. The molecule has 2 aromatic rings. The van der Waals surface area contributed by atoms with Gasteiger partial charge in [-0.2, -0.15) is 0 Å². The minimum atomic E-state index is -0.210. The summed E-state index contributed by atoms with van der Waals surface area (Å²) in [5.74, 6) is -0.210. The first-order valence-corrected chi connectivity index (χ1v) is 7.93. The van der Waals surface area contributed by atoms with Gasteiger partial charge in [0.05, 0.1) is 22.6 Å². The van der Waals surface area contributed by atoms with E-state index in [0.29, 0.717) is 5.02 Å². The minimum Gasteiger partial charge on any atom is -0.364 e. The molecular weight excluding hydrogens is 301 g/mol. The zero-order chi connectivity index (χ0) is 15.5. The van der Waals surface area contributed by atoms with Crippen molar-refractivity contribution in [3.63, 3.8) is 0 Å². The Kier molecular flexibility index (Phi) is 4.48. The molecule has 1 N–H and O–H groups in total. The topological polar surface area (TPSA) is 28.2 Å². The van der Waals surface area contributed by atoms with E-state index < -0.39 is 0 Å². The van der Waals surface area contributed by atoms with E-state index >= 15 is 0 Å². The first-order valence-electron chi connectivity index (χ1n) is 7.55. The number of halogens is 2. The molecule has 3 nitrogen and oxygen atoms in total. The van der Waals surface area contributed by atoms with Gasteiger partial charge in [-0.1, -0.05) is 11.6 Å². The van der Waals surface area contributed by atoms with Gasteiger partial charge in [-0.05, 0) is 56.5 Å². The lowest BCUT2D eigenvalue weighted by Gasteiger charge is -2.38. The van der Waals surface area contributed by atoms with Gasteiger partial charge in [0.1, 0.15) is 5.82 Å². The lowest BCUT2D eigenvalue weighted by Crippen LogP contribution is -2.44. The van der Waals surface area contributed by atoms with E-state index in [2.05, 4.69) is 15.2 Å². The summed E-state index contributed by atoms with van der Waals surface area (Å²) in [4.78, 5) is 6.46. The van der Waals surface area contributed by atoms with E-state index in [1.165, 1.54) is 12.1 Å². The third-order valence-corrected chi connectivity index (χ3v) is 4.52. The zero-order valence-electron chi connectivity index (χ0n) is 12.5. The van der Waals surface area contributed by atoms with Crippen molar-refractivity contribution in [2.45, 2.75) is 32.4 Å². The molecule has 116 valence electrons. The van der Waals surface area contributed by atoms with Crippen LogP contribution >= 0.6 is 11.6 Å². The van der Waals surface area contributed by atoms with Crippen molar-refractivity contribution >= 4 is 23.0 Å². The van der Waals surface area contributed by atoms with E-state index in [4.69, 9.17) is 11.6 Å². The summed E-state index contributed by atoms with van der Waals surface area (Å²) >= 11 is 6.33. The van der Waals surface area contributed by atoms with Gasteiger partial charge in [0, 0.05) is 18.4 Å². The molecule has 1 aliphatic rings. The Balaban J connectivity index is 1.83. The molecule has 1 aliphatic heterocycles. The number of nitrogens with one attached hydrogen (secondary N) is 1. The Morgan fingerprint density at radius 1 is 1.23 bits per heavy atom. The predicted octanol–water partition coefficient (Wildman–Crippen LogP) is 4.61. The van der Waals surface area contributed by atoms with E-state index in [-0.39, 0.29) is 12.0 Å². The monoisotopic (exact) mass is 319 g/mol. The first-order chi connectivity index (χ1) is 10.6. The summed E-state index contributed by atoms with van der Waals surface area (Å²) in [6, 6.07) is 8.56. The van der Waals surface area contributed by atoms with Gasteiger partial charge in [0.15, 0.2) is 0 Å². The molecule has 0 spiro atoms. The highest BCUT2D eigenvalue weighted by Crippen LogP contribution is 2.29. The van der Waals surface area contributed by atoms with E-state index in [0.717, 1.165) is 42.9 Å². The average Bonchev–Trinajstić information content (AvgIpc) is 2.53. The van der Waals surface area contributed by atoms with Gasteiger partial charge in [-0.3, -0.25) is 4.98 Å². The molecule has 3 rings (SSSR count). The molecule has 1 fully saturated rings. The number of hydrogen-bond acceptors (Lipinski definition) is 3. The van der Waals surface area contributed by atoms with Crippen LogP contribution in [0.2, 0.25) is 5.02 Å². The molecule has 0 amide bonds.